The quantitative estimate of drug-likeness (QED) is 0.580. The highest BCUT2D eigenvalue weighted by atomic mass is 16.5. The predicted octanol–water partition coefficient (Wildman–Crippen LogP) is 5.16. The Kier molecular flexibility index (Phi) is 8.68. The number of methoxy groups -OCH3 is 1. The van der Waals surface area contributed by atoms with Crippen LogP contribution in [0.3, 0.4) is 0 Å². The molecule has 0 radical (unpaired) electrons. The molecule has 1 aliphatic rings. The number of likely N-dealkylation sites (tertiary alicyclic amines) is 1. The van der Waals surface area contributed by atoms with Gasteiger partial charge in [0.25, 0.3) is 0 Å². The third kappa shape index (κ3) is 6.33. The molecule has 0 aliphatic carbocycles. The lowest BCUT2D eigenvalue weighted by molar-refractivity contribution is 0.0600. The number of piperidine rings is 1. The highest BCUT2D eigenvalue weighted by Crippen LogP contribution is 2.23. The average molecular weight is 438 g/mol. The van der Waals surface area contributed by atoms with Crippen molar-refractivity contribution in [2.75, 3.05) is 25.5 Å². The fraction of sp³-hybridized carbons (Fsp3) is 0.462. The maximum absolute atomic E-state index is 13.4. The standard InChI is InChI=1S/C26H35N3O3/c1-4-9-20(2)28-16-14-24(15-17-28)29(19-21-10-6-5-7-11-21)26(31)27-23-13-8-12-22(18-23)25(30)32-3/h5-8,10-13,18,20,24H,4,9,14-17,19H2,1-3H3,(H,27,31). The lowest BCUT2D eigenvalue weighted by Gasteiger charge is -2.40. The largest absolute Gasteiger partial charge is 0.465 e. The summed E-state index contributed by atoms with van der Waals surface area (Å²) in [5.74, 6) is -0.421. The van der Waals surface area contributed by atoms with Gasteiger partial charge in [0.2, 0.25) is 0 Å². The van der Waals surface area contributed by atoms with Crippen LogP contribution in [0, 0.1) is 0 Å². The summed E-state index contributed by atoms with van der Waals surface area (Å²) in [4.78, 5) is 29.7. The number of nitrogens with one attached hydrogen (secondary N) is 1. The zero-order valence-electron chi connectivity index (χ0n) is 19.4. The molecule has 1 atom stereocenters. The first-order chi connectivity index (χ1) is 15.5. The molecule has 1 unspecified atom stereocenters. The van der Waals surface area contributed by atoms with Gasteiger partial charge < -0.3 is 19.9 Å². The van der Waals surface area contributed by atoms with Gasteiger partial charge >= 0.3 is 12.0 Å². The molecule has 2 aromatic carbocycles. The molecule has 0 bridgehead atoms. The number of anilines is 1. The smallest absolute Gasteiger partial charge is 0.337 e. The van der Waals surface area contributed by atoms with E-state index in [4.69, 9.17) is 4.74 Å². The van der Waals surface area contributed by atoms with E-state index in [1.807, 2.05) is 23.1 Å². The van der Waals surface area contributed by atoms with E-state index in [-0.39, 0.29) is 12.1 Å². The summed E-state index contributed by atoms with van der Waals surface area (Å²) in [6, 6.07) is 17.6. The molecule has 1 fully saturated rings. The Bertz CT molecular complexity index is 879. The van der Waals surface area contributed by atoms with Gasteiger partial charge in [0, 0.05) is 37.4 Å². The normalized spacial score (nSPS) is 15.7. The van der Waals surface area contributed by atoms with E-state index in [1.165, 1.54) is 20.0 Å². The van der Waals surface area contributed by atoms with Crippen LogP contribution in [0.2, 0.25) is 0 Å². The number of rotatable bonds is 8. The first-order valence-electron chi connectivity index (χ1n) is 11.6. The molecule has 1 aliphatic heterocycles. The van der Waals surface area contributed by atoms with Gasteiger partial charge in [0.05, 0.1) is 12.7 Å². The SMILES string of the molecule is CCCC(C)N1CCC(N(Cc2ccccc2)C(=O)Nc2cccc(C(=O)OC)c2)CC1. The van der Waals surface area contributed by atoms with E-state index in [9.17, 15) is 9.59 Å². The number of benzene rings is 2. The van der Waals surface area contributed by atoms with Crippen LogP contribution in [0.4, 0.5) is 10.5 Å². The van der Waals surface area contributed by atoms with E-state index in [0.29, 0.717) is 23.8 Å². The molecule has 3 rings (SSSR count). The number of hydrogen-bond donors (Lipinski definition) is 1. The number of esters is 1. The van der Waals surface area contributed by atoms with Crippen molar-refractivity contribution in [3.05, 3.63) is 65.7 Å². The van der Waals surface area contributed by atoms with E-state index < -0.39 is 5.97 Å². The molecule has 1 N–H and O–H groups in total. The molecule has 1 saturated heterocycles. The topological polar surface area (TPSA) is 61.9 Å². The van der Waals surface area contributed by atoms with Crippen LogP contribution in [0.25, 0.3) is 0 Å². The molecule has 2 aromatic rings. The van der Waals surface area contributed by atoms with Crippen LogP contribution in [0.15, 0.2) is 54.6 Å². The van der Waals surface area contributed by atoms with Crippen molar-refractivity contribution in [3.8, 4) is 0 Å². The molecular formula is C26H35N3O3. The fourth-order valence-electron chi connectivity index (χ4n) is 4.42. The molecule has 1 heterocycles. The zero-order chi connectivity index (χ0) is 22.9. The summed E-state index contributed by atoms with van der Waals surface area (Å²) in [5.41, 5.74) is 2.11. The van der Waals surface area contributed by atoms with Gasteiger partial charge in [0.1, 0.15) is 0 Å². The van der Waals surface area contributed by atoms with Crippen LogP contribution in [0.1, 0.15) is 55.5 Å². The van der Waals surface area contributed by atoms with Crippen LogP contribution in [-0.2, 0) is 11.3 Å². The van der Waals surface area contributed by atoms with Gasteiger partial charge in [-0.2, -0.15) is 0 Å². The van der Waals surface area contributed by atoms with Crippen molar-refractivity contribution in [1.82, 2.24) is 9.80 Å². The molecule has 6 nitrogen and oxygen atoms in total. The molecular weight excluding hydrogens is 402 g/mol. The summed E-state index contributed by atoms with van der Waals surface area (Å²) in [6.45, 7) is 7.08. The van der Waals surface area contributed by atoms with Crippen molar-refractivity contribution in [3.63, 3.8) is 0 Å². The second-order valence-corrected chi connectivity index (χ2v) is 8.52. The van der Waals surface area contributed by atoms with Crippen molar-refractivity contribution in [2.24, 2.45) is 0 Å². The van der Waals surface area contributed by atoms with Crippen LogP contribution >= 0.6 is 0 Å². The Morgan fingerprint density at radius 3 is 2.50 bits per heavy atom. The molecule has 0 saturated carbocycles. The molecule has 0 aromatic heterocycles. The van der Waals surface area contributed by atoms with Gasteiger partial charge in [-0.3, -0.25) is 0 Å². The minimum Gasteiger partial charge on any atom is -0.465 e. The lowest BCUT2D eigenvalue weighted by Crippen LogP contribution is -2.50. The highest BCUT2D eigenvalue weighted by Gasteiger charge is 2.29. The Morgan fingerprint density at radius 2 is 1.84 bits per heavy atom. The van der Waals surface area contributed by atoms with Gasteiger partial charge in [-0.1, -0.05) is 49.7 Å². The third-order valence-corrected chi connectivity index (χ3v) is 6.26. The maximum Gasteiger partial charge on any atom is 0.337 e. The lowest BCUT2D eigenvalue weighted by atomic mass is 10.00. The number of ether oxygens (including phenoxy) is 1. The minimum atomic E-state index is -0.421. The van der Waals surface area contributed by atoms with E-state index in [2.05, 4.69) is 36.2 Å². The zero-order valence-corrected chi connectivity index (χ0v) is 19.4. The van der Waals surface area contributed by atoms with Gasteiger partial charge in [-0.25, -0.2) is 9.59 Å². The molecule has 32 heavy (non-hydrogen) atoms. The number of carbonyl (C=O) groups excluding carboxylic acids is 2. The Hall–Kier alpha value is -2.86. The maximum atomic E-state index is 13.4. The van der Waals surface area contributed by atoms with Crippen LogP contribution in [-0.4, -0.2) is 54.1 Å². The van der Waals surface area contributed by atoms with Gasteiger partial charge in [-0.15, -0.1) is 0 Å². The van der Waals surface area contributed by atoms with Crippen LogP contribution in [0.5, 0.6) is 0 Å². The van der Waals surface area contributed by atoms with Crippen molar-refractivity contribution in [1.29, 1.82) is 0 Å². The molecule has 6 heteroatoms. The first kappa shape index (κ1) is 23.8. The minimum absolute atomic E-state index is 0.143. The van der Waals surface area contributed by atoms with E-state index in [1.54, 1.807) is 24.3 Å². The summed E-state index contributed by atoms with van der Waals surface area (Å²) in [6.07, 6.45) is 4.30. The summed E-state index contributed by atoms with van der Waals surface area (Å²) in [5, 5.41) is 3.00. The molecule has 172 valence electrons. The second kappa shape index (κ2) is 11.7. The second-order valence-electron chi connectivity index (χ2n) is 8.52. The first-order valence-corrected chi connectivity index (χ1v) is 11.6. The number of hydrogen-bond acceptors (Lipinski definition) is 4. The van der Waals surface area contributed by atoms with Gasteiger partial charge in [0.15, 0.2) is 0 Å². The van der Waals surface area contributed by atoms with E-state index >= 15 is 0 Å². The van der Waals surface area contributed by atoms with Crippen molar-refractivity contribution < 1.29 is 14.3 Å². The Balaban J connectivity index is 1.73. The van der Waals surface area contributed by atoms with E-state index in [0.717, 1.165) is 31.5 Å². The Labute approximate surface area is 191 Å². The molecule has 2 amide bonds. The van der Waals surface area contributed by atoms with Crippen molar-refractivity contribution in [2.45, 2.75) is 58.2 Å². The molecule has 0 spiro atoms. The van der Waals surface area contributed by atoms with Gasteiger partial charge in [-0.05, 0) is 49.9 Å². The predicted molar refractivity (Wildman–Crippen MR) is 128 cm³/mol. The number of nitrogens with zero attached hydrogens (tertiary/aromatic N) is 2. The number of amides is 2. The number of urea groups is 1. The number of carbonyl (C=O) groups is 2. The average Bonchev–Trinajstić information content (AvgIpc) is 2.83. The summed E-state index contributed by atoms with van der Waals surface area (Å²) in [7, 11) is 1.35. The monoisotopic (exact) mass is 437 g/mol. The van der Waals surface area contributed by atoms with Crippen LogP contribution < -0.4 is 5.32 Å². The van der Waals surface area contributed by atoms with Crippen molar-refractivity contribution >= 4 is 17.7 Å². The summed E-state index contributed by atoms with van der Waals surface area (Å²) >= 11 is 0. The third-order valence-electron chi connectivity index (χ3n) is 6.26. The highest BCUT2D eigenvalue weighted by molar-refractivity contribution is 5.94. The Morgan fingerprint density at radius 1 is 1.12 bits per heavy atom. The summed E-state index contributed by atoms with van der Waals surface area (Å²) < 4.78 is 4.80. The fourth-order valence-corrected chi connectivity index (χ4v) is 4.42.